The van der Waals surface area contributed by atoms with E-state index in [1.54, 1.807) is 5.57 Å². The maximum absolute atomic E-state index is 4.26. The number of hydrogen-bond donors (Lipinski definition) is 0. The van der Waals surface area contributed by atoms with Crippen LogP contribution in [0.15, 0.2) is 54.1 Å². The molecule has 0 aliphatic carbocycles. The molecule has 0 N–H and O–H groups in total. The van der Waals surface area contributed by atoms with E-state index in [9.17, 15) is 0 Å². The fourth-order valence-electron chi connectivity index (χ4n) is 3.32. The molecule has 1 rings (SSSR count). The Morgan fingerprint density at radius 2 is 1.65 bits per heavy atom. The van der Waals surface area contributed by atoms with E-state index in [1.165, 1.54) is 11.1 Å². The molecule has 0 atom stereocenters. The maximum atomic E-state index is 4.26. The average Bonchev–Trinajstić information content (AvgIpc) is 2.54. The molecule has 0 bridgehead atoms. The zero-order valence-corrected chi connectivity index (χ0v) is 18.0. The maximum Gasteiger partial charge on any atom is 0.0506 e. The third-order valence-corrected chi connectivity index (χ3v) is 4.65. The van der Waals surface area contributed by atoms with E-state index in [-0.39, 0.29) is 0 Å². The van der Waals surface area contributed by atoms with Crippen molar-refractivity contribution in [2.75, 3.05) is 27.3 Å². The van der Waals surface area contributed by atoms with Gasteiger partial charge in [-0.15, -0.1) is 0 Å². The van der Waals surface area contributed by atoms with Crippen LogP contribution < -0.4 is 0 Å². The van der Waals surface area contributed by atoms with E-state index < -0.39 is 0 Å². The van der Waals surface area contributed by atoms with Crippen LogP contribution in [0.1, 0.15) is 52.5 Å². The molecule has 0 saturated carbocycles. The number of nitrogens with zero attached hydrogens (tertiary/aromatic N) is 2. The van der Waals surface area contributed by atoms with Crippen LogP contribution in [0, 0.1) is 11.8 Å². The second-order valence-corrected chi connectivity index (χ2v) is 8.46. The molecule has 0 radical (unpaired) electrons. The standard InChI is InChI=1S/C24H40N2/c1-20(2)17-22(5)13-14-24(21(3)4)15-16-25(6)19-26(7)18-23-11-9-8-10-12-23/h8-12,15,20-21H,5,13-14,16-19H2,1-4,6-7H3/b24-15-. The number of likely N-dealkylation sites (N-methyl/N-ethyl adjacent to an activating group) is 1. The second-order valence-electron chi connectivity index (χ2n) is 8.46. The Morgan fingerprint density at radius 3 is 2.23 bits per heavy atom. The third-order valence-electron chi connectivity index (χ3n) is 4.65. The second kappa shape index (κ2) is 12.1. The van der Waals surface area contributed by atoms with Crippen molar-refractivity contribution in [1.29, 1.82) is 0 Å². The van der Waals surface area contributed by atoms with E-state index >= 15 is 0 Å². The lowest BCUT2D eigenvalue weighted by Crippen LogP contribution is -2.32. The minimum atomic E-state index is 0.609. The van der Waals surface area contributed by atoms with E-state index in [0.29, 0.717) is 11.8 Å². The zero-order chi connectivity index (χ0) is 19.5. The SMILES string of the molecule is C=C(CC/C(=C/CN(C)CN(C)Cc1ccccc1)C(C)C)CC(C)C. The van der Waals surface area contributed by atoms with Gasteiger partial charge in [0.15, 0.2) is 0 Å². The van der Waals surface area contributed by atoms with E-state index in [0.717, 1.165) is 39.0 Å². The Balaban J connectivity index is 2.45. The van der Waals surface area contributed by atoms with Gasteiger partial charge in [-0.1, -0.05) is 81.8 Å². The summed E-state index contributed by atoms with van der Waals surface area (Å²) in [5.74, 6) is 1.32. The summed E-state index contributed by atoms with van der Waals surface area (Å²) >= 11 is 0. The lowest BCUT2D eigenvalue weighted by molar-refractivity contribution is 0.189. The quantitative estimate of drug-likeness (QED) is 0.336. The molecule has 26 heavy (non-hydrogen) atoms. The molecule has 1 aromatic carbocycles. The van der Waals surface area contributed by atoms with Gasteiger partial charge in [-0.25, -0.2) is 0 Å². The summed E-state index contributed by atoms with van der Waals surface area (Å²) in [6.07, 6.45) is 5.86. The van der Waals surface area contributed by atoms with Gasteiger partial charge in [-0.3, -0.25) is 9.80 Å². The van der Waals surface area contributed by atoms with Crippen molar-refractivity contribution in [3.63, 3.8) is 0 Å². The fraction of sp³-hybridized carbons (Fsp3) is 0.583. The molecular formula is C24H40N2. The topological polar surface area (TPSA) is 6.48 Å². The Hall–Kier alpha value is -1.38. The van der Waals surface area contributed by atoms with Crippen molar-refractivity contribution in [3.05, 3.63) is 59.7 Å². The molecule has 0 spiro atoms. The van der Waals surface area contributed by atoms with Crippen LogP contribution in [0.3, 0.4) is 0 Å². The first-order valence-corrected chi connectivity index (χ1v) is 10.0. The van der Waals surface area contributed by atoms with Crippen molar-refractivity contribution >= 4 is 0 Å². The van der Waals surface area contributed by atoms with E-state index in [2.05, 4.69) is 94.6 Å². The first-order chi connectivity index (χ1) is 12.3. The van der Waals surface area contributed by atoms with Crippen molar-refractivity contribution < 1.29 is 0 Å². The van der Waals surface area contributed by atoms with Gasteiger partial charge < -0.3 is 0 Å². The van der Waals surface area contributed by atoms with Crippen molar-refractivity contribution in [2.45, 2.75) is 53.5 Å². The van der Waals surface area contributed by atoms with Crippen LogP contribution >= 0.6 is 0 Å². The molecule has 0 aromatic heterocycles. The normalized spacial score (nSPS) is 12.6. The van der Waals surface area contributed by atoms with Crippen molar-refractivity contribution in [2.24, 2.45) is 11.8 Å². The number of hydrogen-bond acceptors (Lipinski definition) is 2. The summed E-state index contributed by atoms with van der Waals surface area (Å²) in [5.41, 5.74) is 4.32. The predicted octanol–water partition coefficient (Wildman–Crippen LogP) is 5.97. The van der Waals surface area contributed by atoms with Crippen LogP contribution in [0.5, 0.6) is 0 Å². The Kier molecular flexibility index (Phi) is 10.5. The predicted molar refractivity (Wildman–Crippen MR) is 116 cm³/mol. The van der Waals surface area contributed by atoms with Gasteiger partial charge in [0.2, 0.25) is 0 Å². The molecule has 2 nitrogen and oxygen atoms in total. The zero-order valence-electron chi connectivity index (χ0n) is 18.0. The highest BCUT2D eigenvalue weighted by Gasteiger charge is 2.08. The van der Waals surface area contributed by atoms with Crippen LogP contribution in [-0.2, 0) is 6.54 Å². The Bertz CT molecular complexity index is 543. The molecule has 0 unspecified atom stereocenters. The summed E-state index contributed by atoms with van der Waals surface area (Å²) < 4.78 is 0. The highest BCUT2D eigenvalue weighted by atomic mass is 15.3. The summed E-state index contributed by atoms with van der Waals surface area (Å²) in [6, 6.07) is 10.7. The Labute approximate surface area is 162 Å². The average molecular weight is 357 g/mol. The minimum Gasteiger partial charge on any atom is -0.290 e. The molecule has 0 saturated heterocycles. The van der Waals surface area contributed by atoms with Gasteiger partial charge in [0.05, 0.1) is 6.67 Å². The van der Waals surface area contributed by atoms with Gasteiger partial charge in [-0.2, -0.15) is 0 Å². The Morgan fingerprint density at radius 1 is 1.00 bits per heavy atom. The first-order valence-electron chi connectivity index (χ1n) is 10.0. The van der Waals surface area contributed by atoms with E-state index in [4.69, 9.17) is 0 Å². The number of benzene rings is 1. The van der Waals surface area contributed by atoms with Gasteiger partial charge >= 0.3 is 0 Å². The van der Waals surface area contributed by atoms with Crippen LogP contribution in [0.4, 0.5) is 0 Å². The molecule has 0 amide bonds. The summed E-state index contributed by atoms with van der Waals surface area (Å²) in [4.78, 5) is 4.75. The summed E-state index contributed by atoms with van der Waals surface area (Å²) in [7, 11) is 4.39. The molecule has 0 heterocycles. The van der Waals surface area contributed by atoms with Crippen LogP contribution in [0.25, 0.3) is 0 Å². The highest BCUT2D eigenvalue weighted by Crippen LogP contribution is 2.21. The third kappa shape index (κ3) is 9.94. The molecule has 0 aliphatic rings. The van der Waals surface area contributed by atoms with Crippen molar-refractivity contribution in [3.8, 4) is 0 Å². The summed E-state index contributed by atoms with van der Waals surface area (Å²) in [6.45, 7) is 16.4. The lowest BCUT2D eigenvalue weighted by Gasteiger charge is -2.24. The fourth-order valence-corrected chi connectivity index (χ4v) is 3.32. The molecular weight excluding hydrogens is 316 g/mol. The molecule has 0 aliphatic heterocycles. The largest absolute Gasteiger partial charge is 0.290 e. The van der Waals surface area contributed by atoms with Gasteiger partial charge in [-0.05, 0) is 50.8 Å². The van der Waals surface area contributed by atoms with Crippen molar-refractivity contribution in [1.82, 2.24) is 9.80 Å². The molecule has 2 heteroatoms. The van der Waals surface area contributed by atoms with E-state index in [1.807, 2.05) is 0 Å². The van der Waals surface area contributed by atoms with Crippen LogP contribution in [-0.4, -0.2) is 37.1 Å². The first kappa shape index (κ1) is 22.7. The minimum absolute atomic E-state index is 0.609. The van der Waals surface area contributed by atoms with Gasteiger partial charge in [0.25, 0.3) is 0 Å². The number of allylic oxidation sites excluding steroid dienone is 2. The molecule has 146 valence electrons. The lowest BCUT2D eigenvalue weighted by atomic mass is 9.93. The number of rotatable bonds is 12. The smallest absolute Gasteiger partial charge is 0.0506 e. The molecule has 0 fully saturated rings. The van der Waals surface area contributed by atoms with Gasteiger partial charge in [0.1, 0.15) is 0 Å². The van der Waals surface area contributed by atoms with Crippen LogP contribution in [0.2, 0.25) is 0 Å². The monoisotopic (exact) mass is 356 g/mol. The summed E-state index contributed by atoms with van der Waals surface area (Å²) in [5, 5.41) is 0. The highest BCUT2D eigenvalue weighted by molar-refractivity contribution is 5.14. The van der Waals surface area contributed by atoms with Gasteiger partial charge in [0, 0.05) is 13.1 Å². The molecule has 1 aromatic rings.